The van der Waals surface area contributed by atoms with Gasteiger partial charge in [0.1, 0.15) is 17.1 Å². The van der Waals surface area contributed by atoms with E-state index in [4.69, 9.17) is 23.2 Å². The SMILES string of the molecule is O=C(O)c1ccc(N2C(=O)[C@H]3[C@H](CC=C4[C@H]3C[C@@]3(Cl)C(=O)N(CBr)C(=O)[C@@]3(Cl)[C@H]4c3cccc(O)c3)C2=O)cc1O. The molecule has 1 saturated carbocycles. The number of anilines is 1. The molecule has 2 aliphatic heterocycles. The molecule has 0 unspecified atom stereocenters. The number of carbonyl (C=O) groups is 5. The smallest absolute Gasteiger partial charge is 0.339 e. The maximum absolute atomic E-state index is 14.0. The summed E-state index contributed by atoms with van der Waals surface area (Å²) in [6.45, 7) is 0. The van der Waals surface area contributed by atoms with Gasteiger partial charge >= 0.3 is 5.97 Å². The first-order valence-electron chi connectivity index (χ1n) is 12.6. The number of phenolic OH excluding ortho intramolecular Hbond substituents is 1. The van der Waals surface area contributed by atoms with Gasteiger partial charge in [-0.15, -0.1) is 23.2 Å². The van der Waals surface area contributed by atoms with Crippen molar-refractivity contribution in [2.75, 3.05) is 10.4 Å². The van der Waals surface area contributed by atoms with Crippen molar-refractivity contribution in [2.45, 2.75) is 28.5 Å². The van der Waals surface area contributed by atoms with Gasteiger partial charge in [0.15, 0.2) is 9.75 Å². The Bertz CT molecular complexity index is 1610. The quantitative estimate of drug-likeness (QED) is 0.194. The second-order valence-electron chi connectivity index (χ2n) is 10.6. The maximum Gasteiger partial charge on any atom is 0.339 e. The lowest BCUT2D eigenvalue weighted by Crippen LogP contribution is -2.60. The maximum atomic E-state index is 14.0. The summed E-state index contributed by atoms with van der Waals surface area (Å²) in [5.74, 6) is -8.26. The molecule has 0 aromatic heterocycles. The molecule has 6 atom stereocenters. The molecule has 0 bridgehead atoms. The summed E-state index contributed by atoms with van der Waals surface area (Å²) in [5, 5.41) is 29.7. The summed E-state index contributed by atoms with van der Waals surface area (Å²) < 4.78 is 0. The number of aromatic carboxylic acids is 1. The van der Waals surface area contributed by atoms with E-state index in [1.807, 2.05) is 0 Å². The summed E-state index contributed by atoms with van der Waals surface area (Å²) in [5.41, 5.74) is 0.437. The van der Waals surface area contributed by atoms with E-state index in [-0.39, 0.29) is 29.7 Å². The second-order valence-corrected chi connectivity index (χ2v) is 12.3. The van der Waals surface area contributed by atoms with Crippen LogP contribution in [0.2, 0.25) is 0 Å². The monoisotopic (exact) mass is 662 g/mol. The Morgan fingerprint density at radius 2 is 1.73 bits per heavy atom. The van der Waals surface area contributed by atoms with Gasteiger partial charge in [-0.05, 0) is 48.6 Å². The number of benzene rings is 2. The third-order valence-electron chi connectivity index (χ3n) is 8.69. The molecule has 6 rings (SSSR count). The predicted octanol–water partition coefficient (Wildman–Crippen LogP) is 3.71. The van der Waals surface area contributed by atoms with Crippen molar-refractivity contribution >= 4 is 74.4 Å². The van der Waals surface area contributed by atoms with Gasteiger partial charge in [0, 0.05) is 12.0 Å². The fourth-order valence-corrected chi connectivity index (χ4v) is 8.35. The van der Waals surface area contributed by atoms with E-state index in [0.717, 1.165) is 21.9 Å². The number of likely N-dealkylation sites (tertiary alicyclic amines) is 1. The average molecular weight is 664 g/mol. The van der Waals surface area contributed by atoms with Gasteiger partial charge in [-0.25, -0.2) is 9.69 Å². The standard InChI is InChI=1S/C28H21BrCl2N2O8/c29-11-32-25(40)27(30)10-18-15(21(28(27,31)26(32)41)12-2-1-3-14(34)8-12)6-7-17-20(18)23(37)33(22(17)36)13-4-5-16(24(38)39)19(35)9-13/h1-6,8-9,17-18,20-21,34-35H,7,10-11H2,(H,38,39)/t17-,18+,20-,21-,27+,28-/m0/s1. The molecule has 4 amide bonds. The molecule has 2 aromatic carbocycles. The Morgan fingerprint density at radius 1 is 1.00 bits per heavy atom. The van der Waals surface area contributed by atoms with Crippen molar-refractivity contribution in [1.29, 1.82) is 0 Å². The number of halogens is 3. The summed E-state index contributed by atoms with van der Waals surface area (Å²) in [6, 6.07) is 9.50. The van der Waals surface area contributed by atoms with Crippen LogP contribution in [-0.2, 0) is 19.2 Å². The predicted molar refractivity (Wildman–Crippen MR) is 149 cm³/mol. The average Bonchev–Trinajstić information content (AvgIpc) is 3.26. The van der Waals surface area contributed by atoms with E-state index < -0.39 is 74.3 Å². The lowest BCUT2D eigenvalue weighted by atomic mass is 9.56. The number of carbonyl (C=O) groups excluding carboxylic acids is 4. The first-order chi connectivity index (χ1) is 19.4. The Hall–Kier alpha value is -3.41. The van der Waals surface area contributed by atoms with Gasteiger partial charge in [-0.1, -0.05) is 39.7 Å². The van der Waals surface area contributed by atoms with E-state index in [9.17, 15) is 39.3 Å². The molecule has 2 aromatic rings. The molecule has 0 spiro atoms. The summed E-state index contributed by atoms with van der Waals surface area (Å²) in [7, 11) is 0. The second kappa shape index (κ2) is 9.30. The number of fused-ring (bicyclic) bond motifs is 4. The van der Waals surface area contributed by atoms with Crippen molar-refractivity contribution in [3.8, 4) is 11.5 Å². The van der Waals surface area contributed by atoms with E-state index in [1.165, 1.54) is 18.2 Å². The van der Waals surface area contributed by atoms with Gasteiger partial charge in [0.25, 0.3) is 11.8 Å². The fourth-order valence-electron chi connectivity index (χ4n) is 6.93. The van der Waals surface area contributed by atoms with Gasteiger partial charge in [0.2, 0.25) is 11.8 Å². The van der Waals surface area contributed by atoms with Crippen molar-refractivity contribution in [2.24, 2.45) is 17.8 Å². The third-order valence-corrected chi connectivity index (χ3v) is 10.6. The molecule has 4 aliphatic rings. The molecule has 2 saturated heterocycles. The molecule has 212 valence electrons. The van der Waals surface area contributed by atoms with Crippen LogP contribution < -0.4 is 4.90 Å². The highest BCUT2D eigenvalue weighted by molar-refractivity contribution is 9.09. The molecule has 0 radical (unpaired) electrons. The molecule has 41 heavy (non-hydrogen) atoms. The van der Waals surface area contributed by atoms with Crippen molar-refractivity contribution < 1.29 is 39.3 Å². The van der Waals surface area contributed by atoms with Crippen molar-refractivity contribution in [3.05, 3.63) is 65.2 Å². The fraction of sp³-hybridized carbons (Fsp3) is 0.321. The largest absolute Gasteiger partial charge is 0.508 e. The molecular weight excluding hydrogens is 643 g/mol. The van der Waals surface area contributed by atoms with Crippen LogP contribution in [0.25, 0.3) is 0 Å². The van der Waals surface area contributed by atoms with Crippen LogP contribution in [0.4, 0.5) is 5.69 Å². The number of hydrogen-bond acceptors (Lipinski definition) is 7. The summed E-state index contributed by atoms with van der Waals surface area (Å²) >= 11 is 17.4. The van der Waals surface area contributed by atoms with E-state index >= 15 is 0 Å². The Morgan fingerprint density at radius 3 is 2.37 bits per heavy atom. The molecule has 10 nitrogen and oxygen atoms in total. The van der Waals surface area contributed by atoms with E-state index in [0.29, 0.717) is 11.1 Å². The number of alkyl halides is 3. The number of nitrogens with zero attached hydrogens (tertiary/aromatic N) is 2. The number of hydrogen-bond donors (Lipinski definition) is 3. The normalized spacial score (nSPS) is 32.5. The van der Waals surface area contributed by atoms with Crippen LogP contribution in [0.5, 0.6) is 11.5 Å². The highest BCUT2D eigenvalue weighted by Crippen LogP contribution is 2.65. The number of aromatic hydroxyl groups is 2. The van der Waals surface area contributed by atoms with Crippen LogP contribution in [0, 0.1) is 17.8 Å². The Kier molecular flexibility index (Phi) is 6.29. The van der Waals surface area contributed by atoms with Crippen LogP contribution in [-0.4, -0.2) is 65.0 Å². The number of phenols is 2. The van der Waals surface area contributed by atoms with Crippen LogP contribution in [0.15, 0.2) is 54.1 Å². The zero-order chi connectivity index (χ0) is 29.6. The molecule has 3 N–H and O–H groups in total. The first kappa shape index (κ1) is 27.7. The minimum absolute atomic E-state index is 0.00338. The zero-order valence-corrected chi connectivity index (χ0v) is 24.1. The van der Waals surface area contributed by atoms with Gasteiger partial charge in [-0.2, -0.15) is 0 Å². The van der Waals surface area contributed by atoms with Gasteiger partial charge < -0.3 is 15.3 Å². The van der Waals surface area contributed by atoms with Gasteiger partial charge in [-0.3, -0.25) is 24.1 Å². The molecule has 13 heteroatoms. The van der Waals surface area contributed by atoms with Crippen LogP contribution in [0.1, 0.15) is 34.7 Å². The Labute approximate surface area is 251 Å². The van der Waals surface area contributed by atoms with E-state index in [1.54, 1.807) is 18.2 Å². The minimum atomic E-state index is -1.98. The number of allylic oxidation sites excluding steroid dienone is 2. The lowest BCUT2D eigenvalue weighted by Gasteiger charge is -2.50. The van der Waals surface area contributed by atoms with Crippen molar-refractivity contribution in [3.63, 3.8) is 0 Å². The number of carboxylic acid groups (broad SMARTS) is 1. The summed E-state index contributed by atoms with van der Waals surface area (Å²) in [6.07, 6.45) is 1.68. The number of amides is 4. The molecule has 2 heterocycles. The minimum Gasteiger partial charge on any atom is -0.508 e. The number of rotatable bonds is 4. The third kappa shape index (κ3) is 3.58. The molecular formula is C28H21BrCl2N2O8. The topological polar surface area (TPSA) is 153 Å². The van der Waals surface area contributed by atoms with E-state index in [2.05, 4.69) is 15.9 Å². The Balaban J connectivity index is 1.49. The molecule has 2 aliphatic carbocycles. The number of carboxylic acids is 1. The highest BCUT2D eigenvalue weighted by Gasteiger charge is 2.76. The van der Waals surface area contributed by atoms with Crippen LogP contribution in [0.3, 0.4) is 0 Å². The van der Waals surface area contributed by atoms with Crippen molar-refractivity contribution in [1.82, 2.24) is 4.90 Å². The number of imide groups is 2. The lowest BCUT2D eigenvalue weighted by molar-refractivity contribution is -0.138. The van der Waals surface area contributed by atoms with Gasteiger partial charge in [0.05, 0.1) is 23.0 Å². The first-order valence-corrected chi connectivity index (χ1v) is 14.5. The molecule has 3 fully saturated rings. The highest BCUT2D eigenvalue weighted by atomic mass is 79.9. The summed E-state index contributed by atoms with van der Waals surface area (Å²) in [4.78, 5) is 64.1. The van der Waals surface area contributed by atoms with Crippen LogP contribution >= 0.6 is 39.1 Å². The zero-order valence-electron chi connectivity index (χ0n) is 21.0.